The SMILES string of the molecule is C=C(CCC=O)CCCC(C)C. The van der Waals surface area contributed by atoms with E-state index in [9.17, 15) is 4.79 Å². The first-order valence-corrected chi connectivity index (χ1v) is 4.77. The Labute approximate surface area is 75.9 Å². The van der Waals surface area contributed by atoms with Crippen molar-refractivity contribution in [1.82, 2.24) is 0 Å². The molecule has 0 aromatic rings. The molecule has 0 amide bonds. The van der Waals surface area contributed by atoms with Crippen LogP contribution in [0.15, 0.2) is 12.2 Å². The van der Waals surface area contributed by atoms with Gasteiger partial charge in [0.1, 0.15) is 6.29 Å². The summed E-state index contributed by atoms with van der Waals surface area (Å²) in [6, 6.07) is 0. The van der Waals surface area contributed by atoms with Crippen LogP contribution in [0.25, 0.3) is 0 Å². The van der Waals surface area contributed by atoms with Crippen molar-refractivity contribution < 1.29 is 4.79 Å². The molecule has 0 fully saturated rings. The Hall–Kier alpha value is -0.590. The summed E-state index contributed by atoms with van der Waals surface area (Å²) in [6.45, 7) is 8.39. The van der Waals surface area contributed by atoms with Crippen LogP contribution in [-0.2, 0) is 4.79 Å². The Morgan fingerprint density at radius 1 is 1.42 bits per heavy atom. The van der Waals surface area contributed by atoms with E-state index < -0.39 is 0 Å². The summed E-state index contributed by atoms with van der Waals surface area (Å²) in [5.41, 5.74) is 1.22. The monoisotopic (exact) mass is 168 g/mol. The van der Waals surface area contributed by atoms with Crippen molar-refractivity contribution >= 4 is 6.29 Å². The second-order valence-corrected chi connectivity index (χ2v) is 3.74. The minimum atomic E-state index is 0.639. The van der Waals surface area contributed by atoms with Gasteiger partial charge in [0.2, 0.25) is 0 Å². The lowest BCUT2D eigenvalue weighted by Crippen LogP contribution is -1.89. The van der Waals surface area contributed by atoms with Crippen LogP contribution >= 0.6 is 0 Å². The van der Waals surface area contributed by atoms with Crippen LogP contribution in [0.1, 0.15) is 46.0 Å². The molecule has 0 N–H and O–H groups in total. The molecule has 0 aromatic heterocycles. The Kier molecular flexibility index (Phi) is 6.73. The average Bonchev–Trinajstić information content (AvgIpc) is 2.00. The van der Waals surface area contributed by atoms with Crippen molar-refractivity contribution in [2.24, 2.45) is 5.92 Å². The van der Waals surface area contributed by atoms with Crippen LogP contribution < -0.4 is 0 Å². The van der Waals surface area contributed by atoms with Crippen molar-refractivity contribution in [2.75, 3.05) is 0 Å². The Balaban J connectivity index is 3.25. The minimum Gasteiger partial charge on any atom is -0.303 e. The summed E-state index contributed by atoms with van der Waals surface area (Å²) in [5, 5.41) is 0. The van der Waals surface area contributed by atoms with Crippen molar-refractivity contribution in [3.8, 4) is 0 Å². The third kappa shape index (κ3) is 7.52. The van der Waals surface area contributed by atoms with E-state index in [1.807, 2.05) is 0 Å². The van der Waals surface area contributed by atoms with E-state index in [0.29, 0.717) is 6.42 Å². The predicted octanol–water partition coefficient (Wildman–Crippen LogP) is 3.35. The molecule has 1 nitrogen and oxygen atoms in total. The average molecular weight is 168 g/mol. The maximum Gasteiger partial charge on any atom is 0.120 e. The molecule has 0 atom stereocenters. The highest BCUT2D eigenvalue weighted by Gasteiger charge is 1.96. The van der Waals surface area contributed by atoms with Gasteiger partial charge in [-0.1, -0.05) is 32.4 Å². The summed E-state index contributed by atoms with van der Waals surface area (Å²) in [5.74, 6) is 0.781. The normalized spacial score (nSPS) is 10.2. The summed E-state index contributed by atoms with van der Waals surface area (Å²) in [6.07, 6.45) is 6.05. The first-order valence-electron chi connectivity index (χ1n) is 4.77. The van der Waals surface area contributed by atoms with Crippen molar-refractivity contribution in [2.45, 2.75) is 46.0 Å². The van der Waals surface area contributed by atoms with Gasteiger partial charge in [0.15, 0.2) is 0 Å². The highest BCUT2D eigenvalue weighted by Crippen LogP contribution is 2.13. The molecule has 0 radical (unpaired) electrons. The van der Waals surface area contributed by atoms with Gasteiger partial charge in [-0.05, 0) is 25.2 Å². The van der Waals surface area contributed by atoms with E-state index in [2.05, 4.69) is 20.4 Å². The zero-order valence-electron chi connectivity index (χ0n) is 8.31. The number of carbonyl (C=O) groups excluding carboxylic acids is 1. The van der Waals surface area contributed by atoms with E-state index in [1.54, 1.807) is 0 Å². The van der Waals surface area contributed by atoms with Gasteiger partial charge in [-0.25, -0.2) is 0 Å². The van der Waals surface area contributed by atoms with Gasteiger partial charge >= 0.3 is 0 Å². The molecule has 0 aliphatic rings. The van der Waals surface area contributed by atoms with Crippen LogP contribution in [0, 0.1) is 5.92 Å². The molecule has 0 rings (SSSR count). The lowest BCUT2D eigenvalue weighted by atomic mass is 10.0. The zero-order chi connectivity index (χ0) is 9.40. The number of rotatable bonds is 7. The number of hydrogen-bond acceptors (Lipinski definition) is 1. The van der Waals surface area contributed by atoms with Crippen LogP contribution in [0.3, 0.4) is 0 Å². The Morgan fingerprint density at radius 2 is 2.08 bits per heavy atom. The van der Waals surface area contributed by atoms with Crippen LogP contribution in [0.4, 0.5) is 0 Å². The fourth-order valence-electron chi connectivity index (χ4n) is 1.15. The van der Waals surface area contributed by atoms with Gasteiger partial charge in [-0.3, -0.25) is 0 Å². The molecule has 70 valence electrons. The number of allylic oxidation sites excluding steroid dienone is 1. The molecule has 0 spiro atoms. The molecule has 1 heteroatoms. The van der Waals surface area contributed by atoms with E-state index in [-0.39, 0.29) is 0 Å². The van der Waals surface area contributed by atoms with Crippen LogP contribution in [0.2, 0.25) is 0 Å². The summed E-state index contributed by atoms with van der Waals surface area (Å²) >= 11 is 0. The second-order valence-electron chi connectivity index (χ2n) is 3.74. The van der Waals surface area contributed by atoms with Gasteiger partial charge in [-0.2, -0.15) is 0 Å². The molecule has 0 saturated carbocycles. The van der Waals surface area contributed by atoms with Crippen LogP contribution in [0.5, 0.6) is 0 Å². The highest BCUT2D eigenvalue weighted by molar-refractivity contribution is 5.49. The standard InChI is InChI=1S/C11H20O/c1-10(2)6-4-7-11(3)8-5-9-12/h9-10H,3-8H2,1-2H3. The molecule has 0 aromatic carbocycles. The first-order chi connectivity index (χ1) is 5.66. The topological polar surface area (TPSA) is 17.1 Å². The van der Waals surface area contributed by atoms with Gasteiger partial charge in [0.25, 0.3) is 0 Å². The first kappa shape index (κ1) is 11.4. The van der Waals surface area contributed by atoms with Crippen molar-refractivity contribution in [3.63, 3.8) is 0 Å². The lowest BCUT2D eigenvalue weighted by molar-refractivity contribution is -0.107. The summed E-state index contributed by atoms with van der Waals surface area (Å²) in [4.78, 5) is 10.1. The van der Waals surface area contributed by atoms with Gasteiger partial charge in [-0.15, -0.1) is 0 Å². The van der Waals surface area contributed by atoms with Crippen LogP contribution in [-0.4, -0.2) is 6.29 Å². The molecular formula is C11H20O. The van der Waals surface area contributed by atoms with E-state index in [4.69, 9.17) is 0 Å². The van der Waals surface area contributed by atoms with E-state index in [0.717, 1.165) is 25.0 Å². The minimum absolute atomic E-state index is 0.639. The fourth-order valence-corrected chi connectivity index (χ4v) is 1.15. The van der Waals surface area contributed by atoms with Gasteiger partial charge < -0.3 is 4.79 Å². The number of aldehydes is 1. The molecule has 0 saturated heterocycles. The highest BCUT2D eigenvalue weighted by atomic mass is 16.1. The maximum atomic E-state index is 10.1. The number of hydrogen-bond donors (Lipinski definition) is 0. The predicted molar refractivity (Wildman–Crippen MR) is 53.1 cm³/mol. The quantitative estimate of drug-likeness (QED) is 0.421. The Bertz CT molecular complexity index is 136. The molecule has 0 unspecified atom stereocenters. The molecule has 0 aliphatic heterocycles. The van der Waals surface area contributed by atoms with E-state index in [1.165, 1.54) is 18.4 Å². The molecule has 0 bridgehead atoms. The summed E-state index contributed by atoms with van der Waals surface area (Å²) < 4.78 is 0. The lowest BCUT2D eigenvalue weighted by Gasteiger charge is -2.05. The smallest absolute Gasteiger partial charge is 0.120 e. The molecule has 12 heavy (non-hydrogen) atoms. The third-order valence-corrected chi connectivity index (χ3v) is 1.93. The summed E-state index contributed by atoms with van der Waals surface area (Å²) in [7, 11) is 0. The number of carbonyl (C=O) groups is 1. The second kappa shape index (κ2) is 7.08. The molecule has 0 heterocycles. The third-order valence-electron chi connectivity index (χ3n) is 1.93. The fraction of sp³-hybridized carbons (Fsp3) is 0.727. The van der Waals surface area contributed by atoms with Crippen molar-refractivity contribution in [3.05, 3.63) is 12.2 Å². The molecule has 0 aliphatic carbocycles. The maximum absolute atomic E-state index is 10.1. The van der Waals surface area contributed by atoms with Gasteiger partial charge in [0, 0.05) is 6.42 Å². The van der Waals surface area contributed by atoms with Gasteiger partial charge in [0.05, 0.1) is 0 Å². The largest absolute Gasteiger partial charge is 0.303 e. The zero-order valence-corrected chi connectivity index (χ0v) is 8.31. The molecular weight excluding hydrogens is 148 g/mol. The van der Waals surface area contributed by atoms with Crippen molar-refractivity contribution in [1.29, 1.82) is 0 Å². The Morgan fingerprint density at radius 3 is 2.58 bits per heavy atom. The van der Waals surface area contributed by atoms with E-state index >= 15 is 0 Å².